The number of hydrogen-bond acceptors (Lipinski definition) is 4. The van der Waals surface area contributed by atoms with Crippen LogP contribution in [0, 0.1) is 0 Å². The van der Waals surface area contributed by atoms with Gasteiger partial charge in [-0.25, -0.2) is 9.59 Å². The van der Waals surface area contributed by atoms with Crippen molar-refractivity contribution in [2.24, 2.45) is 0 Å². The number of urea groups is 1. The van der Waals surface area contributed by atoms with Gasteiger partial charge in [-0.15, -0.1) is 0 Å². The van der Waals surface area contributed by atoms with Crippen LogP contribution >= 0.6 is 0 Å². The molecule has 0 aromatic heterocycles. The third-order valence-corrected chi connectivity index (χ3v) is 3.11. The summed E-state index contributed by atoms with van der Waals surface area (Å²) in [6, 6.07) is -2.23. The van der Waals surface area contributed by atoms with Gasteiger partial charge in [0.15, 0.2) is 0 Å². The lowest BCUT2D eigenvalue weighted by Gasteiger charge is -2.34. The number of carboxylic acid groups (broad SMARTS) is 1. The summed E-state index contributed by atoms with van der Waals surface area (Å²) < 4.78 is 5.19. The maximum Gasteiger partial charge on any atom is 0.326 e. The van der Waals surface area contributed by atoms with Crippen molar-refractivity contribution in [1.29, 1.82) is 0 Å². The molecule has 0 aromatic rings. The first-order valence-corrected chi connectivity index (χ1v) is 6.60. The van der Waals surface area contributed by atoms with Crippen molar-refractivity contribution in [3.8, 4) is 0 Å². The molecule has 0 aliphatic carbocycles. The zero-order chi connectivity index (χ0) is 15.1. The number of carbonyl (C=O) groups excluding carboxylic acids is 2. The van der Waals surface area contributed by atoms with Crippen LogP contribution in [-0.4, -0.2) is 66.8 Å². The van der Waals surface area contributed by atoms with Gasteiger partial charge in [0.05, 0.1) is 13.2 Å². The van der Waals surface area contributed by atoms with Gasteiger partial charge in [-0.1, -0.05) is 13.3 Å². The number of aliphatic carboxylic acids is 1. The molecule has 1 aliphatic rings. The Kier molecular flexibility index (Phi) is 6.23. The normalized spacial score (nSPS) is 20.1. The van der Waals surface area contributed by atoms with Crippen LogP contribution in [0.4, 0.5) is 4.79 Å². The molecule has 8 nitrogen and oxygen atoms in total. The zero-order valence-electron chi connectivity index (χ0n) is 11.7. The molecule has 0 saturated carbocycles. The first-order chi connectivity index (χ1) is 9.51. The van der Waals surface area contributed by atoms with Gasteiger partial charge in [-0.3, -0.25) is 4.79 Å². The predicted octanol–water partition coefficient (Wildman–Crippen LogP) is -0.604. The monoisotopic (exact) mass is 287 g/mol. The number of nitrogens with zero attached hydrogens (tertiary/aromatic N) is 1. The minimum Gasteiger partial charge on any atom is -0.480 e. The lowest BCUT2D eigenvalue weighted by molar-refractivity contribution is -0.139. The van der Waals surface area contributed by atoms with Gasteiger partial charge in [0.25, 0.3) is 0 Å². The number of amides is 3. The van der Waals surface area contributed by atoms with E-state index in [-0.39, 0.29) is 19.1 Å². The first-order valence-electron chi connectivity index (χ1n) is 6.60. The van der Waals surface area contributed by atoms with Crippen molar-refractivity contribution in [3.63, 3.8) is 0 Å². The summed E-state index contributed by atoms with van der Waals surface area (Å²) in [5, 5.41) is 13.9. The summed E-state index contributed by atoms with van der Waals surface area (Å²) in [7, 11) is 1.48. The third-order valence-electron chi connectivity index (χ3n) is 3.11. The molecule has 1 saturated heterocycles. The minimum absolute atomic E-state index is 0.110. The standard InChI is InChI=1S/C12H21N3O5/c1-3-4-8(11(17)18)14-12(19)15-5-6-20-7-9(15)10(16)13-2/h8-9H,3-7H2,1-2H3,(H,13,16)(H,14,19)(H,17,18). The highest BCUT2D eigenvalue weighted by atomic mass is 16.5. The number of carboxylic acids is 1. The van der Waals surface area contributed by atoms with Crippen LogP contribution in [0.1, 0.15) is 19.8 Å². The molecule has 2 atom stereocenters. The van der Waals surface area contributed by atoms with E-state index in [1.165, 1.54) is 11.9 Å². The smallest absolute Gasteiger partial charge is 0.326 e. The molecule has 0 bridgehead atoms. The van der Waals surface area contributed by atoms with Crippen molar-refractivity contribution >= 4 is 17.9 Å². The second-order valence-corrected chi connectivity index (χ2v) is 4.53. The van der Waals surface area contributed by atoms with E-state index in [0.29, 0.717) is 19.4 Å². The zero-order valence-corrected chi connectivity index (χ0v) is 11.7. The van der Waals surface area contributed by atoms with Crippen LogP contribution in [0.25, 0.3) is 0 Å². The molecule has 8 heteroatoms. The highest BCUT2D eigenvalue weighted by Gasteiger charge is 2.33. The lowest BCUT2D eigenvalue weighted by Crippen LogP contribution is -2.59. The Morgan fingerprint density at radius 3 is 2.70 bits per heavy atom. The molecule has 2 unspecified atom stereocenters. The number of nitrogens with one attached hydrogen (secondary N) is 2. The fourth-order valence-electron chi connectivity index (χ4n) is 2.01. The Bertz CT molecular complexity index is 374. The summed E-state index contributed by atoms with van der Waals surface area (Å²) in [6.07, 6.45) is 0.981. The second-order valence-electron chi connectivity index (χ2n) is 4.53. The van der Waals surface area contributed by atoms with Crippen molar-refractivity contribution in [3.05, 3.63) is 0 Å². The first kappa shape index (κ1) is 16.2. The molecule has 20 heavy (non-hydrogen) atoms. The number of morpholine rings is 1. The summed E-state index contributed by atoms with van der Waals surface area (Å²) in [5.41, 5.74) is 0. The third kappa shape index (κ3) is 4.09. The van der Waals surface area contributed by atoms with E-state index in [1.54, 1.807) is 0 Å². The number of likely N-dealkylation sites (N-methyl/N-ethyl adjacent to an activating group) is 1. The van der Waals surface area contributed by atoms with Crippen LogP contribution in [0.2, 0.25) is 0 Å². The van der Waals surface area contributed by atoms with Crippen molar-refractivity contribution in [2.75, 3.05) is 26.8 Å². The van der Waals surface area contributed by atoms with Crippen LogP contribution in [0.3, 0.4) is 0 Å². The van der Waals surface area contributed by atoms with Crippen molar-refractivity contribution < 1.29 is 24.2 Å². The summed E-state index contributed by atoms with van der Waals surface area (Å²) in [4.78, 5) is 36.2. The predicted molar refractivity (Wildman–Crippen MR) is 70.2 cm³/mol. The molecule has 1 aliphatic heterocycles. The molecule has 0 spiro atoms. The number of ether oxygens (including phenoxy) is 1. The van der Waals surface area contributed by atoms with E-state index < -0.39 is 24.1 Å². The molecule has 0 aromatic carbocycles. The van der Waals surface area contributed by atoms with Crippen LogP contribution < -0.4 is 10.6 Å². The highest BCUT2D eigenvalue weighted by Crippen LogP contribution is 2.08. The van der Waals surface area contributed by atoms with E-state index in [1.807, 2.05) is 6.92 Å². The maximum atomic E-state index is 12.1. The highest BCUT2D eigenvalue weighted by molar-refractivity contribution is 5.89. The van der Waals surface area contributed by atoms with Gasteiger partial charge in [-0.05, 0) is 6.42 Å². The number of hydrogen-bond donors (Lipinski definition) is 3. The van der Waals surface area contributed by atoms with Gasteiger partial charge < -0.3 is 25.4 Å². The Morgan fingerprint density at radius 1 is 1.45 bits per heavy atom. The fourth-order valence-corrected chi connectivity index (χ4v) is 2.01. The van der Waals surface area contributed by atoms with E-state index in [2.05, 4.69) is 10.6 Å². The van der Waals surface area contributed by atoms with Crippen molar-refractivity contribution in [2.45, 2.75) is 31.8 Å². The van der Waals surface area contributed by atoms with Crippen molar-refractivity contribution in [1.82, 2.24) is 15.5 Å². The molecular formula is C12H21N3O5. The molecule has 3 N–H and O–H groups in total. The van der Waals surface area contributed by atoms with Crippen LogP contribution in [0.5, 0.6) is 0 Å². The van der Waals surface area contributed by atoms with E-state index in [4.69, 9.17) is 9.84 Å². The Morgan fingerprint density at radius 2 is 2.15 bits per heavy atom. The van der Waals surface area contributed by atoms with Gasteiger partial charge in [0.2, 0.25) is 5.91 Å². The number of carbonyl (C=O) groups is 3. The molecule has 3 amide bonds. The van der Waals surface area contributed by atoms with Gasteiger partial charge in [0.1, 0.15) is 12.1 Å². The van der Waals surface area contributed by atoms with Crippen LogP contribution in [-0.2, 0) is 14.3 Å². The molecular weight excluding hydrogens is 266 g/mol. The lowest BCUT2D eigenvalue weighted by atomic mass is 10.1. The largest absolute Gasteiger partial charge is 0.480 e. The second kappa shape index (κ2) is 7.68. The van der Waals surface area contributed by atoms with Gasteiger partial charge >= 0.3 is 12.0 Å². The minimum atomic E-state index is -1.08. The SMILES string of the molecule is CCCC(NC(=O)N1CCOCC1C(=O)NC)C(=O)O. The van der Waals surface area contributed by atoms with Gasteiger partial charge in [0, 0.05) is 13.6 Å². The molecule has 1 heterocycles. The summed E-state index contributed by atoms with van der Waals surface area (Å²) in [6.45, 7) is 2.53. The average Bonchev–Trinajstić information content (AvgIpc) is 2.45. The Balaban J connectivity index is 2.71. The Hall–Kier alpha value is -1.83. The quantitative estimate of drug-likeness (QED) is 0.625. The topological polar surface area (TPSA) is 108 Å². The van der Waals surface area contributed by atoms with Gasteiger partial charge in [-0.2, -0.15) is 0 Å². The summed E-state index contributed by atoms with van der Waals surface area (Å²) >= 11 is 0. The molecule has 114 valence electrons. The summed E-state index contributed by atoms with van der Waals surface area (Å²) in [5.74, 6) is -1.41. The molecule has 1 rings (SSSR count). The van der Waals surface area contributed by atoms with E-state index >= 15 is 0 Å². The maximum absolute atomic E-state index is 12.1. The molecule has 1 fully saturated rings. The molecule has 0 radical (unpaired) electrons. The average molecular weight is 287 g/mol. The van der Waals surface area contributed by atoms with Crippen LogP contribution in [0.15, 0.2) is 0 Å². The van der Waals surface area contributed by atoms with E-state index in [9.17, 15) is 14.4 Å². The fraction of sp³-hybridized carbons (Fsp3) is 0.750. The van der Waals surface area contributed by atoms with E-state index in [0.717, 1.165) is 0 Å². The number of rotatable bonds is 5. The Labute approximate surface area is 117 Å².